The number of nitrogens with one attached hydrogen (secondary N) is 2. The zero-order valence-corrected chi connectivity index (χ0v) is 15.5. The predicted molar refractivity (Wildman–Crippen MR) is 95.7 cm³/mol. The summed E-state index contributed by atoms with van der Waals surface area (Å²) in [6.45, 7) is 6.76. The quantitative estimate of drug-likeness (QED) is 0.676. The van der Waals surface area contributed by atoms with Gasteiger partial charge in [0.15, 0.2) is 11.5 Å². The SMILES string of the molecule is CNCCCC(=O)NC(C)c1ccc(OC(C)C)c(OC)c1.Cl. The molecule has 23 heavy (non-hydrogen) atoms. The number of rotatable bonds is 9. The average Bonchev–Trinajstić information content (AvgIpc) is 2.47. The maximum Gasteiger partial charge on any atom is 0.220 e. The van der Waals surface area contributed by atoms with Gasteiger partial charge in [-0.05, 0) is 58.5 Å². The van der Waals surface area contributed by atoms with Crippen LogP contribution in [0, 0.1) is 0 Å². The van der Waals surface area contributed by atoms with Gasteiger partial charge in [0, 0.05) is 6.42 Å². The molecule has 0 aliphatic heterocycles. The van der Waals surface area contributed by atoms with Gasteiger partial charge in [-0.3, -0.25) is 4.79 Å². The van der Waals surface area contributed by atoms with Crippen LogP contribution in [0.15, 0.2) is 18.2 Å². The summed E-state index contributed by atoms with van der Waals surface area (Å²) in [4.78, 5) is 11.9. The van der Waals surface area contributed by atoms with Crippen LogP contribution in [0.5, 0.6) is 11.5 Å². The van der Waals surface area contributed by atoms with Gasteiger partial charge < -0.3 is 20.1 Å². The molecule has 0 fully saturated rings. The van der Waals surface area contributed by atoms with Gasteiger partial charge in [0.25, 0.3) is 0 Å². The second kappa shape index (κ2) is 11.1. The maximum absolute atomic E-state index is 11.9. The smallest absolute Gasteiger partial charge is 0.220 e. The average molecular weight is 345 g/mol. The lowest BCUT2D eigenvalue weighted by molar-refractivity contribution is -0.121. The Bertz CT molecular complexity index is 481. The Morgan fingerprint density at radius 1 is 1.22 bits per heavy atom. The molecule has 0 aliphatic carbocycles. The van der Waals surface area contributed by atoms with Crippen LogP contribution in [0.25, 0.3) is 0 Å². The second-order valence-electron chi connectivity index (χ2n) is 5.57. The lowest BCUT2D eigenvalue weighted by Gasteiger charge is -2.18. The van der Waals surface area contributed by atoms with Crippen LogP contribution in [-0.2, 0) is 4.79 Å². The van der Waals surface area contributed by atoms with Crippen LogP contribution in [0.1, 0.15) is 45.2 Å². The summed E-state index contributed by atoms with van der Waals surface area (Å²) in [7, 11) is 3.50. The molecular formula is C17H29ClN2O3. The van der Waals surface area contributed by atoms with Crippen molar-refractivity contribution in [3.63, 3.8) is 0 Å². The Kier molecular flexibility index (Phi) is 10.4. The van der Waals surface area contributed by atoms with Crippen molar-refractivity contribution in [1.82, 2.24) is 10.6 Å². The lowest BCUT2D eigenvalue weighted by Crippen LogP contribution is -2.27. The highest BCUT2D eigenvalue weighted by Gasteiger charge is 2.13. The first-order valence-corrected chi connectivity index (χ1v) is 7.76. The molecule has 1 aromatic rings. The summed E-state index contributed by atoms with van der Waals surface area (Å²) in [5.41, 5.74) is 0.995. The summed E-state index contributed by atoms with van der Waals surface area (Å²) in [6.07, 6.45) is 1.44. The highest BCUT2D eigenvalue weighted by molar-refractivity contribution is 5.85. The van der Waals surface area contributed by atoms with E-state index in [1.165, 1.54) is 0 Å². The number of ether oxygens (including phenoxy) is 2. The van der Waals surface area contributed by atoms with Crippen molar-refractivity contribution >= 4 is 18.3 Å². The molecule has 1 rings (SSSR count). The number of carbonyl (C=O) groups excluding carboxylic acids is 1. The molecule has 0 saturated carbocycles. The normalized spacial score (nSPS) is 11.6. The Morgan fingerprint density at radius 3 is 2.48 bits per heavy atom. The van der Waals surface area contributed by atoms with Gasteiger partial charge in [0.05, 0.1) is 19.3 Å². The number of methoxy groups -OCH3 is 1. The summed E-state index contributed by atoms with van der Waals surface area (Å²) < 4.78 is 11.1. The lowest BCUT2D eigenvalue weighted by atomic mass is 10.1. The van der Waals surface area contributed by atoms with Crippen LogP contribution in [0.2, 0.25) is 0 Å². The van der Waals surface area contributed by atoms with Crippen molar-refractivity contribution in [2.75, 3.05) is 20.7 Å². The summed E-state index contributed by atoms with van der Waals surface area (Å²) in [6, 6.07) is 5.69. The van der Waals surface area contributed by atoms with Gasteiger partial charge in [0.2, 0.25) is 5.91 Å². The fourth-order valence-electron chi connectivity index (χ4n) is 2.13. The summed E-state index contributed by atoms with van der Waals surface area (Å²) >= 11 is 0. The number of hydrogen-bond donors (Lipinski definition) is 2. The second-order valence-corrected chi connectivity index (χ2v) is 5.57. The Labute approximate surface area is 145 Å². The molecule has 132 valence electrons. The van der Waals surface area contributed by atoms with E-state index in [-0.39, 0.29) is 30.5 Å². The van der Waals surface area contributed by atoms with Crippen LogP contribution in [-0.4, -0.2) is 32.7 Å². The van der Waals surface area contributed by atoms with E-state index < -0.39 is 0 Å². The predicted octanol–water partition coefficient (Wildman–Crippen LogP) is 3.08. The molecule has 1 amide bonds. The van der Waals surface area contributed by atoms with E-state index in [2.05, 4.69) is 10.6 Å². The van der Waals surface area contributed by atoms with Crippen molar-refractivity contribution in [3.05, 3.63) is 23.8 Å². The third-order valence-electron chi connectivity index (χ3n) is 3.26. The van der Waals surface area contributed by atoms with E-state index in [4.69, 9.17) is 9.47 Å². The van der Waals surface area contributed by atoms with E-state index in [1.807, 2.05) is 46.0 Å². The maximum atomic E-state index is 11.9. The largest absolute Gasteiger partial charge is 0.493 e. The molecule has 0 aromatic heterocycles. The minimum Gasteiger partial charge on any atom is -0.493 e. The first-order valence-electron chi connectivity index (χ1n) is 7.76. The molecule has 0 bridgehead atoms. The van der Waals surface area contributed by atoms with Crippen molar-refractivity contribution in [3.8, 4) is 11.5 Å². The van der Waals surface area contributed by atoms with E-state index in [1.54, 1.807) is 7.11 Å². The molecule has 5 nitrogen and oxygen atoms in total. The highest BCUT2D eigenvalue weighted by Crippen LogP contribution is 2.31. The first kappa shape index (κ1) is 21.5. The van der Waals surface area contributed by atoms with Crippen molar-refractivity contribution in [2.24, 2.45) is 0 Å². The first-order chi connectivity index (χ1) is 10.5. The van der Waals surface area contributed by atoms with Gasteiger partial charge in [-0.1, -0.05) is 6.07 Å². The van der Waals surface area contributed by atoms with Crippen LogP contribution in [0.3, 0.4) is 0 Å². The molecule has 0 spiro atoms. The molecule has 6 heteroatoms. The molecule has 0 radical (unpaired) electrons. The molecular weight excluding hydrogens is 316 g/mol. The molecule has 1 atom stereocenters. The van der Waals surface area contributed by atoms with Crippen LogP contribution in [0.4, 0.5) is 0 Å². The van der Waals surface area contributed by atoms with E-state index in [0.29, 0.717) is 17.9 Å². The third kappa shape index (κ3) is 7.57. The molecule has 0 saturated heterocycles. The van der Waals surface area contributed by atoms with Gasteiger partial charge >= 0.3 is 0 Å². The van der Waals surface area contributed by atoms with Crippen LogP contribution < -0.4 is 20.1 Å². The molecule has 1 aromatic carbocycles. The van der Waals surface area contributed by atoms with E-state index >= 15 is 0 Å². The third-order valence-corrected chi connectivity index (χ3v) is 3.26. The molecule has 2 N–H and O–H groups in total. The molecule has 0 heterocycles. The van der Waals surface area contributed by atoms with Crippen molar-refractivity contribution in [1.29, 1.82) is 0 Å². The van der Waals surface area contributed by atoms with E-state index in [9.17, 15) is 4.79 Å². The number of amides is 1. The minimum atomic E-state index is -0.0657. The number of benzene rings is 1. The standard InChI is InChI=1S/C17H28N2O3.ClH/c1-12(2)22-15-9-8-14(11-16(15)21-5)13(3)19-17(20)7-6-10-18-4;/h8-9,11-13,18H,6-7,10H2,1-5H3,(H,19,20);1H. The van der Waals surface area contributed by atoms with Gasteiger partial charge in [-0.2, -0.15) is 0 Å². The number of carbonyl (C=O) groups is 1. The zero-order chi connectivity index (χ0) is 16.5. The van der Waals surface area contributed by atoms with Gasteiger partial charge in [-0.15, -0.1) is 12.4 Å². The number of halogens is 1. The monoisotopic (exact) mass is 344 g/mol. The fourth-order valence-corrected chi connectivity index (χ4v) is 2.13. The molecule has 1 unspecified atom stereocenters. The Balaban J connectivity index is 0.00000484. The van der Waals surface area contributed by atoms with Crippen molar-refractivity contribution in [2.45, 2.75) is 45.8 Å². The minimum absolute atomic E-state index is 0. The zero-order valence-electron chi connectivity index (χ0n) is 14.6. The topological polar surface area (TPSA) is 59.6 Å². The van der Waals surface area contributed by atoms with Crippen molar-refractivity contribution < 1.29 is 14.3 Å². The Hall–Kier alpha value is -1.46. The molecule has 0 aliphatic rings. The Morgan fingerprint density at radius 2 is 1.91 bits per heavy atom. The number of hydrogen-bond acceptors (Lipinski definition) is 4. The van der Waals surface area contributed by atoms with E-state index in [0.717, 1.165) is 18.5 Å². The van der Waals surface area contributed by atoms with Gasteiger partial charge in [-0.25, -0.2) is 0 Å². The fraction of sp³-hybridized carbons (Fsp3) is 0.588. The highest BCUT2D eigenvalue weighted by atomic mass is 35.5. The van der Waals surface area contributed by atoms with Crippen LogP contribution >= 0.6 is 12.4 Å². The van der Waals surface area contributed by atoms with Gasteiger partial charge in [0.1, 0.15) is 0 Å². The summed E-state index contributed by atoms with van der Waals surface area (Å²) in [5, 5.41) is 6.04. The summed E-state index contributed by atoms with van der Waals surface area (Å²) in [5.74, 6) is 1.46.